The Bertz CT molecular complexity index is 1220. The van der Waals surface area contributed by atoms with E-state index in [-0.39, 0.29) is 75.6 Å². The molecule has 7 nitrogen and oxygen atoms in total. The lowest BCUT2D eigenvalue weighted by atomic mass is 9.67. The fourth-order valence-corrected chi connectivity index (χ4v) is 11.2. The SMILES string of the molecule is COCCOCCOc1ccc(C(C)(C)CC(C)(C)CC(C)(C)[NH+]=IC(C)(C)CC(C)(C)CC(C)(C)c2ccc(OCCOCCOC)cc2)cc1.[I-]. The topological polar surface area (TPSA) is 69.4 Å². The highest BCUT2D eigenvalue weighted by molar-refractivity contribution is 14.1. The summed E-state index contributed by atoms with van der Waals surface area (Å²) in [5, 5.41) is 0. The van der Waals surface area contributed by atoms with Gasteiger partial charge in [-0.15, -0.1) is 0 Å². The highest BCUT2D eigenvalue weighted by Gasteiger charge is 2.40. The number of halogens is 2. The van der Waals surface area contributed by atoms with E-state index in [2.05, 4.69) is 135 Å². The number of rotatable bonds is 26. The summed E-state index contributed by atoms with van der Waals surface area (Å²) in [6, 6.07) is 17.3. The minimum Gasteiger partial charge on any atom is -1.00 e. The molecule has 53 heavy (non-hydrogen) atoms. The first-order valence-electron chi connectivity index (χ1n) is 19.1. The first-order chi connectivity index (χ1) is 24.1. The molecule has 0 aliphatic heterocycles. The first-order valence-corrected chi connectivity index (χ1v) is 21.3. The number of ether oxygens (including phenoxy) is 6. The number of benzene rings is 2. The molecule has 2 aromatic carbocycles. The molecule has 9 heteroatoms. The Hall–Kier alpha value is -0.860. The summed E-state index contributed by atoms with van der Waals surface area (Å²) in [6.07, 6.45) is 4.50. The first kappa shape index (κ1) is 50.2. The Morgan fingerprint density at radius 2 is 0.830 bits per heavy atom. The van der Waals surface area contributed by atoms with Crippen molar-refractivity contribution >= 4 is 21.0 Å². The van der Waals surface area contributed by atoms with Crippen molar-refractivity contribution in [2.75, 3.05) is 67.1 Å². The second kappa shape index (κ2) is 22.8. The number of alkyl halides is 1. The van der Waals surface area contributed by atoms with Crippen LogP contribution < -0.4 is 36.6 Å². The molecular weight excluding hydrogens is 892 g/mol. The third-order valence-electron chi connectivity index (χ3n) is 9.35. The molecule has 2 rings (SSSR count). The van der Waals surface area contributed by atoms with Crippen LogP contribution in [0.4, 0.5) is 0 Å². The molecular formula is C44H75I2NO6. The Labute approximate surface area is 351 Å². The van der Waals surface area contributed by atoms with Crippen molar-refractivity contribution in [1.29, 1.82) is 0 Å². The molecule has 1 N–H and O–H groups in total. The van der Waals surface area contributed by atoms with Crippen molar-refractivity contribution in [3.8, 4) is 11.5 Å². The predicted octanol–water partition coefficient (Wildman–Crippen LogP) is 6.43. The van der Waals surface area contributed by atoms with Gasteiger partial charge in [-0.2, -0.15) is 0 Å². The van der Waals surface area contributed by atoms with Gasteiger partial charge >= 0.3 is 0 Å². The maximum atomic E-state index is 5.90. The zero-order valence-electron chi connectivity index (χ0n) is 35.8. The summed E-state index contributed by atoms with van der Waals surface area (Å²) in [4.78, 5) is 0. The standard InChI is InChI=1S/C44H74INO6.HI/c1-39(2,31-41(5,6)35-15-19-37(20-16-35)51-29-27-49-25-23-47-13)33-43(9,10)45-46-44(11,12)34-40(3,4)32-42(7,8)36-17-21-38(22-18-36)52-30-28-50-26-24-48-14;/h15-22H,23-34H2,1-14H3;1H. The van der Waals surface area contributed by atoms with Gasteiger partial charge in [-0.3, -0.25) is 0 Å². The van der Waals surface area contributed by atoms with Gasteiger partial charge in [-0.1, -0.05) is 79.7 Å². The van der Waals surface area contributed by atoms with Crippen molar-refractivity contribution in [3.63, 3.8) is 0 Å². The maximum absolute atomic E-state index is 5.90. The minimum atomic E-state index is -0.252. The molecule has 0 aromatic heterocycles. The van der Waals surface area contributed by atoms with E-state index in [4.69, 9.17) is 28.4 Å². The summed E-state index contributed by atoms with van der Waals surface area (Å²) in [5.74, 6) is 1.77. The average molecular weight is 968 g/mol. The van der Waals surface area contributed by atoms with Crippen LogP contribution in [0.15, 0.2) is 48.5 Å². The van der Waals surface area contributed by atoms with Crippen molar-refractivity contribution in [2.24, 2.45) is 10.8 Å². The van der Waals surface area contributed by atoms with Crippen LogP contribution in [0.5, 0.6) is 11.5 Å². The lowest BCUT2D eigenvalue weighted by molar-refractivity contribution is -0.498. The fraction of sp³-hybridized carbons (Fsp3) is 0.727. The molecule has 0 amide bonds. The van der Waals surface area contributed by atoms with Gasteiger partial charge in [0.1, 0.15) is 24.7 Å². The van der Waals surface area contributed by atoms with Crippen LogP contribution in [0.1, 0.15) is 120 Å². The molecule has 2 aromatic rings. The molecule has 0 spiro atoms. The summed E-state index contributed by atoms with van der Waals surface area (Å²) in [6.45, 7) is 33.6. The highest BCUT2D eigenvalue weighted by atomic mass is 127. The maximum Gasteiger partial charge on any atom is 0.203 e. The van der Waals surface area contributed by atoms with Crippen molar-refractivity contribution in [3.05, 3.63) is 59.7 Å². The molecule has 0 atom stereocenters. The van der Waals surface area contributed by atoms with Gasteiger partial charge in [0.05, 0.1) is 43.1 Å². The van der Waals surface area contributed by atoms with Crippen molar-refractivity contribution in [2.45, 2.75) is 129 Å². The van der Waals surface area contributed by atoms with Crippen molar-refractivity contribution < 1.29 is 55.5 Å². The summed E-state index contributed by atoms with van der Waals surface area (Å²) < 4.78 is 37.2. The van der Waals surface area contributed by atoms with Crippen LogP contribution >= 0.6 is 21.0 Å². The van der Waals surface area contributed by atoms with E-state index in [1.165, 1.54) is 17.5 Å². The molecule has 0 aliphatic rings. The normalized spacial score (nSPS) is 13.5. The fourth-order valence-electron chi connectivity index (χ4n) is 8.31. The zero-order chi connectivity index (χ0) is 39.1. The lowest BCUT2D eigenvalue weighted by Gasteiger charge is -2.39. The second-order valence-corrected chi connectivity index (χ2v) is 22.5. The van der Waals surface area contributed by atoms with Gasteiger partial charge in [-0.05, 0) is 90.2 Å². The van der Waals surface area contributed by atoms with E-state index in [0.717, 1.165) is 30.8 Å². The Kier molecular flexibility index (Phi) is 21.6. The molecule has 0 fully saturated rings. The summed E-state index contributed by atoms with van der Waals surface area (Å²) in [7, 11) is 3.36. The van der Waals surface area contributed by atoms with Gasteiger partial charge in [0.2, 0.25) is 21.0 Å². The van der Waals surface area contributed by atoms with Gasteiger partial charge in [0.25, 0.3) is 0 Å². The van der Waals surface area contributed by atoms with E-state index >= 15 is 0 Å². The number of hydrogen-bond donors (Lipinski definition) is 1. The zero-order valence-corrected chi connectivity index (χ0v) is 40.1. The van der Waals surface area contributed by atoms with Gasteiger partial charge < -0.3 is 52.4 Å². The molecule has 306 valence electrons. The highest BCUT2D eigenvalue weighted by Crippen LogP contribution is 2.45. The largest absolute Gasteiger partial charge is 1.00 e. The lowest BCUT2D eigenvalue weighted by Crippen LogP contribution is -3.00. The van der Waals surface area contributed by atoms with Crippen LogP contribution in [-0.2, 0) is 29.8 Å². The minimum absolute atomic E-state index is 0. The molecule has 0 aliphatic carbocycles. The van der Waals surface area contributed by atoms with E-state index in [1.807, 2.05) is 0 Å². The average Bonchev–Trinajstić information content (AvgIpc) is 3.02. The van der Waals surface area contributed by atoms with E-state index in [0.29, 0.717) is 52.9 Å². The molecule has 0 radical (unpaired) electrons. The van der Waals surface area contributed by atoms with E-state index in [1.54, 1.807) is 14.2 Å². The molecule has 0 saturated heterocycles. The second-order valence-electron chi connectivity index (χ2n) is 18.6. The van der Waals surface area contributed by atoms with E-state index < -0.39 is 0 Å². The van der Waals surface area contributed by atoms with Crippen LogP contribution in [0, 0.1) is 10.8 Å². The summed E-state index contributed by atoms with van der Waals surface area (Å²) in [5.41, 5.74) is 3.19. The van der Waals surface area contributed by atoms with Gasteiger partial charge in [0, 0.05) is 34.5 Å². The number of nitrogens with one attached hydrogen (secondary N) is 1. The third-order valence-corrected chi connectivity index (χ3v) is 12.9. The van der Waals surface area contributed by atoms with Crippen LogP contribution in [0.2, 0.25) is 0 Å². The molecule has 0 bridgehead atoms. The smallest absolute Gasteiger partial charge is 0.203 e. The summed E-state index contributed by atoms with van der Waals surface area (Å²) >= 11 is -0.252. The monoisotopic (exact) mass is 967 g/mol. The quantitative estimate of drug-likeness (QED) is 0.0667. The van der Waals surface area contributed by atoms with Crippen LogP contribution in [0.25, 0.3) is 0 Å². The number of hydrogen-bond acceptors (Lipinski definition) is 6. The Morgan fingerprint density at radius 1 is 0.472 bits per heavy atom. The third kappa shape index (κ3) is 20.2. The molecule has 0 heterocycles. The Balaban J connectivity index is 0.0000140. The van der Waals surface area contributed by atoms with Gasteiger partial charge in [-0.25, -0.2) is 3.15 Å². The van der Waals surface area contributed by atoms with Crippen molar-refractivity contribution in [1.82, 2.24) is 0 Å². The Morgan fingerprint density at radius 3 is 1.21 bits per heavy atom. The molecule has 0 unspecified atom stereocenters. The van der Waals surface area contributed by atoms with Crippen LogP contribution in [0.3, 0.4) is 0 Å². The van der Waals surface area contributed by atoms with Gasteiger partial charge in [0.15, 0.2) is 5.54 Å². The van der Waals surface area contributed by atoms with Crippen LogP contribution in [-0.4, -0.2) is 76.0 Å². The number of methoxy groups -OCH3 is 2. The molecule has 0 saturated carbocycles. The predicted molar refractivity (Wildman–Crippen MR) is 224 cm³/mol. The van der Waals surface area contributed by atoms with E-state index in [9.17, 15) is 0 Å².